The Hall–Kier alpha value is -1.48. The molecule has 8 nitrogen and oxygen atoms in total. The predicted octanol–water partition coefficient (Wildman–Crippen LogP) is 1.16. The first-order valence-electron chi connectivity index (χ1n) is 10.9. The van der Waals surface area contributed by atoms with E-state index in [1.165, 1.54) is 5.56 Å². The number of aryl methyl sites for hydroxylation is 1. The van der Waals surface area contributed by atoms with E-state index in [-0.39, 0.29) is 11.8 Å². The molecular formula is C21H34N4O4. The highest BCUT2D eigenvalue weighted by molar-refractivity contribution is 5.66. The number of carboxylic acids is 1. The molecule has 0 aromatic carbocycles. The van der Waals surface area contributed by atoms with Crippen molar-refractivity contribution in [2.45, 2.75) is 32.9 Å². The first-order valence-corrected chi connectivity index (χ1v) is 10.9. The number of ether oxygens (including phenoxy) is 2. The second-order valence-corrected chi connectivity index (χ2v) is 9.04. The van der Waals surface area contributed by atoms with Crippen molar-refractivity contribution in [1.29, 1.82) is 0 Å². The summed E-state index contributed by atoms with van der Waals surface area (Å²) >= 11 is 0. The van der Waals surface area contributed by atoms with Crippen LogP contribution in [0.15, 0.2) is 12.4 Å². The van der Waals surface area contributed by atoms with Crippen LogP contribution in [0.3, 0.4) is 0 Å². The van der Waals surface area contributed by atoms with Gasteiger partial charge in [0.1, 0.15) is 0 Å². The molecule has 3 aliphatic rings. The van der Waals surface area contributed by atoms with Gasteiger partial charge in [-0.2, -0.15) is 5.10 Å². The van der Waals surface area contributed by atoms with Gasteiger partial charge in [0, 0.05) is 75.3 Å². The summed E-state index contributed by atoms with van der Waals surface area (Å²) in [5, 5.41) is 13.7. The zero-order valence-electron chi connectivity index (χ0n) is 17.5. The van der Waals surface area contributed by atoms with Crippen molar-refractivity contribution in [1.82, 2.24) is 19.6 Å². The molecule has 2 atom stereocenters. The molecule has 0 aliphatic carbocycles. The fraction of sp³-hybridized carbons (Fsp3) is 0.810. The molecule has 0 spiro atoms. The maximum absolute atomic E-state index is 11.3. The van der Waals surface area contributed by atoms with E-state index in [1.807, 2.05) is 10.9 Å². The Morgan fingerprint density at radius 2 is 1.97 bits per heavy atom. The van der Waals surface area contributed by atoms with Gasteiger partial charge >= 0.3 is 5.97 Å². The summed E-state index contributed by atoms with van der Waals surface area (Å²) in [5.41, 5.74) is 1.32. The second-order valence-electron chi connectivity index (χ2n) is 9.04. The van der Waals surface area contributed by atoms with Gasteiger partial charge in [-0.3, -0.25) is 14.4 Å². The molecule has 4 rings (SSSR count). The van der Waals surface area contributed by atoms with Crippen molar-refractivity contribution >= 4 is 5.97 Å². The second kappa shape index (κ2) is 9.12. The average molecular weight is 407 g/mol. The van der Waals surface area contributed by atoms with Crippen molar-refractivity contribution in [3.05, 3.63) is 18.0 Å². The molecule has 1 N–H and O–H groups in total. The smallest absolute Gasteiger partial charge is 0.303 e. The van der Waals surface area contributed by atoms with Gasteiger partial charge < -0.3 is 19.5 Å². The molecule has 0 saturated carbocycles. The zero-order valence-corrected chi connectivity index (χ0v) is 17.5. The fourth-order valence-corrected chi connectivity index (χ4v) is 5.43. The monoisotopic (exact) mass is 406 g/mol. The summed E-state index contributed by atoms with van der Waals surface area (Å²) in [6, 6.07) is 0. The molecule has 1 aromatic heterocycles. The summed E-state index contributed by atoms with van der Waals surface area (Å²) in [5.74, 6) is 0.240. The van der Waals surface area contributed by atoms with Crippen LogP contribution in [0.25, 0.3) is 0 Å². The third-order valence-corrected chi connectivity index (χ3v) is 6.75. The number of aromatic nitrogens is 2. The third kappa shape index (κ3) is 4.99. The Kier molecular flexibility index (Phi) is 6.53. The minimum absolute atomic E-state index is 0.0750. The highest BCUT2D eigenvalue weighted by Crippen LogP contribution is 2.46. The molecule has 3 fully saturated rings. The van der Waals surface area contributed by atoms with Crippen LogP contribution in [-0.4, -0.2) is 89.8 Å². The first-order chi connectivity index (χ1) is 14.1. The van der Waals surface area contributed by atoms with E-state index in [1.54, 1.807) is 0 Å². The molecule has 0 bridgehead atoms. The quantitative estimate of drug-likeness (QED) is 0.694. The lowest BCUT2D eigenvalue weighted by Crippen LogP contribution is -2.37. The average Bonchev–Trinajstić information content (AvgIpc) is 3.28. The molecule has 3 saturated heterocycles. The van der Waals surface area contributed by atoms with Crippen LogP contribution in [-0.2, 0) is 27.4 Å². The predicted molar refractivity (Wildman–Crippen MR) is 108 cm³/mol. The lowest BCUT2D eigenvalue weighted by Gasteiger charge is -2.30. The number of hydrogen-bond acceptors (Lipinski definition) is 6. The molecule has 0 radical (unpaired) electrons. The minimum Gasteiger partial charge on any atom is -0.481 e. The number of hydrogen-bond donors (Lipinski definition) is 1. The summed E-state index contributed by atoms with van der Waals surface area (Å²) in [6.45, 7) is 11.8. The van der Waals surface area contributed by atoms with Crippen LogP contribution in [0.1, 0.15) is 25.3 Å². The number of rotatable bonds is 8. The van der Waals surface area contributed by atoms with Crippen LogP contribution in [0.2, 0.25) is 0 Å². The minimum atomic E-state index is -0.690. The van der Waals surface area contributed by atoms with Gasteiger partial charge in [0.25, 0.3) is 0 Å². The molecule has 0 amide bonds. The lowest BCUT2D eigenvalue weighted by molar-refractivity contribution is -0.137. The van der Waals surface area contributed by atoms with Gasteiger partial charge in [0.2, 0.25) is 0 Å². The highest BCUT2D eigenvalue weighted by atomic mass is 16.5. The standard InChI is InChI=1S/C21H34N4O4/c1-2-25-10-17(7-22-25)8-23-11-19-12-24(9-18-13-28-5-6-29-14-18)16-21(19,15-23)4-3-20(26)27/h7,10,18-19H,2-6,8-9,11-16H2,1H3,(H,26,27). The normalized spacial score (nSPS) is 29.2. The van der Waals surface area contributed by atoms with Gasteiger partial charge in [-0.1, -0.05) is 0 Å². The molecule has 3 aliphatic heterocycles. The highest BCUT2D eigenvalue weighted by Gasteiger charge is 2.52. The summed E-state index contributed by atoms with van der Waals surface area (Å²) in [6.07, 6.45) is 5.09. The van der Waals surface area contributed by atoms with Crippen molar-refractivity contribution < 1.29 is 19.4 Å². The summed E-state index contributed by atoms with van der Waals surface area (Å²) in [7, 11) is 0. The Balaban J connectivity index is 1.39. The van der Waals surface area contributed by atoms with Crippen LogP contribution in [0, 0.1) is 17.3 Å². The number of fused-ring (bicyclic) bond motifs is 1. The molecule has 1 aromatic rings. The van der Waals surface area contributed by atoms with Crippen molar-refractivity contribution in [2.75, 3.05) is 59.2 Å². The maximum atomic E-state index is 11.3. The molecule has 162 valence electrons. The first kappa shape index (κ1) is 20.8. The van der Waals surface area contributed by atoms with Gasteiger partial charge in [-0.25, -0.2) is 0 Å². The Morgan fingerprint density at radius 1 is 1.24 bits per heavy atom. The van der Waals surface area contributed by atoms with E-state index in [0.717, 1.165) is 65.4 Å². The molecule has 8 heteroatoms. The van der Waals surface area contributed by atoms with Crippen LogP contribution >= 0.6 is 0 Å². The summed E-state index contributed by atoms with van der Waals surface area (Å²) < 4.78 is 13.3. The van der Waals surface area contributed by atoms with E-state index in [9.17, 15) is 9.90 Å². The summed E-state index contributed by atoms with van der Waals surface area (Å²) in [4.78, 5) is 16.3. The maximum Gasteiger partial charge on any atom is 0.303 e. The number of carbonyl (C=O) groups is 1. The van der Waals surface area contributed by atoms with Crippen LogP contribution in [0.5, 0.6) is 0 Å². The van der Waals surface area contributed by atoms with Crippen molar-refractivity contribution in [2.24, 2.45) is 17.3 Å². The molecule has 2 unspecified atom stereocenters. The Morgan fingerprint density at radius 3 is 2.66 bits per heavy atom. The van der Waals surface area contributed by atoms with Crippen molar-refractivity contribution in [3.8, 4) is 0 Å². The fourth-order valence-electron chi connectivity index (χ4n) is 5.43. The van der Waals surface area contributed by atoms with Crippen LogP contribution in [0.4, 0.5) is 0 Å². The van der Waals surface area contributed by atoms with Crippen molar-refractivity contribution in [3.63, 3.8) is 0 Å². The number of aliphatic carboxylic acids is 1. The topological polar surface area (TPSA) is 80.1 Å². The van der Waals surface area contributed by atoms with Crippen LogP contribution < -0.4 is 0 Å². The lowest BCUT2D eigenvalue weighted by atomic mass is 9.77. The number of likely N-dealkylation sites (tertiary alicyclic amines) is 2. The number of nitrogens with zero attached hydrogens (tertiary/aromatic N) is 4. The molecular weight excluding hydrogens is 372 g/mol. The van der Waals surface area contributed by atoms with Gasteiger partial charge in [-0.15, -0.1) is 0 Å². The zero-order chi connectivity index (χ0) is 20.3. The van der Waals surface area contributed by atoms with E-state index in [2.05, 4.69) is 28.0 Å². The Labute approximate surface area is 172 Å². The Bertz CT molecular complexity index is 688. The molecule has 4 heterocycles. The van der Waals surface area contributed by atoms with Gasteiger partial charge in [0.15, 0.2) is 0 Å². The van der Waals surface area contributed by atoms with Gasteiger partial charge in [-0.05, 0) is 19.3 Å². The largest absolute Gasteiger partial charge is 0.481 e. The SMILES string of the molecule is CCn1cc(CN2CC3CN(CC4COCCOC4)CC3(CCC(=O)O)C2)cn1. The number of carboxylic acid groups (broad SMARTS) is 1. The van der Waals surface area contributed by atoms with E-state index in [4.69, 9.17) is 9.47 Å². The van der Waals surface area contributed by atoms with E-state index in [0.29, 0.717) is 25.0 Å². The third-order valence-electron chi connectivity index (χ3n) is 6.75. The van der Waals surface area contributed by atoms with E-state index >= 15 is 0 Å². The van der Waals surface area contributed by atoms with Gasteiger partial charge in [0.05, 0.1) is 32.6 Å². The molecule has 29 heavy (non-hydrogen) atoms. The van der Waals surface area contributed by atoms with E-state index < -0.39 is 5.97 Å².